The summed E-state index contributed by atoms with van der Waals surface area (Å²) in [5.41, 5.74) is 4.61. The molecule has 0 saturated heterocycles. The highest BCUT2D eigenvalue weighted by atomic mass is 35.5. The molecule has 3 rings (SSSR count). The fourth-order valence-corrected chi connectivity index (χ4v) is 2.52. The maximum atomic E-state index is 5.90. The first-order valence-electron chi connectivity index (χ1n) is 8.09. The molecule has 0 heterocycles. The van der Waals surface area contributed by atoms with E-state index >= 15 is 0 Å². The summed E-state index contributed by atoms with van der Waals surface area (Å²) in [7, 11) is 1.67. The normalized spacial score (nSPS) is 11.3. The van der Waals surface area contributed by atoms with Crippen LogP contribution in [0.4, 0.5) is 0 Å². The number of halogens is 1. The third kappa shape index (κ3) is 5.10. The lowest BCUT2D eigenvalue weighted by Crippen LogP contribution is -1.81. The van der Waals surface area contributed by atoms with Crippen LogP contribution in [-0.4, -0.2) is 7.11 Å². The van der Waals surface area contributed by atoms with Crippen LogP contribution in [0.5, 0.6) is 5.75 Å². The van der Waals surface area contributed by atoms with Crippen LogP contribution < -0.4 is 4.74 Å². The third-order valence-electron chi connectivity index (χ3n) is 3.86. The van der Waals surface area contributed by atoms with E-state index in [2.05, 4.69) is 48.6 Å². The first-order valence-corrected chi connectivity index (χ1v) is 8.46. The lowest BCUT2D eigenvalue weighted by molar-refractivity contribution is 0.415. The minimum Gasteiger partial charge on any atom is -0.497 e. The average molecular weight is 347 g/mol. The summed E-state index contributed by atoms with van der Waals surface area (Å²) in [6.45, 7) is 0. The quantitative estimate of drug-likeness (QED) is 0.467. The van der Waals surface area contributed by atoms with Crippen molar-refractivity contribution in [3.05, 3.63) is 100 Å². The highest BCUT2D eigenvalue weighted by Gasteiger charge is 1.93. The van der Waals surface area contributed by atoms with Gasteiger partial charge in [-0.15, -0.1) is 0 Å². The standard InChI is InChI=1S/C23H19ClO/c1-25-23-16-12-21(13-17-23)9-7-19-4-2-18(3-5-19)6-8-20-10-14-22(24)15-11-20/h2-17H,1H3/b8-6+,9-7+. The summed E-state index contributed by atoms with van der Waals surface area (Å²) < 4.78 is 5.17. The van der Waals surface area contributed by atoms with Gasteiger partial charge in [0.25, 0.3) is 0 Å². The van der Waals surface area contributed by atoms with Gasteiger partial charge >= 0.3 is 0 Å². The fourth-order valence-electron chi connectivity index (χ4n) is 2.39. The maximum Gasteiger partial charge on any atom is 0.118 e. The van der Waals surface area contributed by atoms with Crippen molar-refractivity contribution in [2.75, 3.05) is 7.11 Å². The Morgan fingerprint density at radius 3 is 1.24 bits per heavy atom. The van der Waals surface area contributed by atoms with Crippen LogP contribution in [0.25, 0.3) is 24.3 Å². The van der Waals surface area contributed by atoms with Crippen molar-refractivity contribution >= 4 is 35.9 Å². The Morgan fingerprint density at radius 2 is 0.880 bits per heavy atom. The third-order valence-corrected chi connectivity index (χ3v) is 4.11. The Balaban J connectivity index is 1.65. The van der Waals surface area contributed by atoms with Gasteiger partial charge in [-0.3, -0.25) is 0 Å². The molecule has 0 saturated carbocycles. The molecule has 3 aromatic carbocycles. The molecule has 0 aromatic heterocycles. The molecule has 0 aliphatic heterocycles. The molecule has 0 spiro atoms. The van der Waals surface area contributed by atoms with Crippen molar-refractivity contribution in [1.29, 1.82) is 0 Å². The molecule has 25 heavy (non-hydrogen) atoms. The van der Waals surface area contributed by atoms with Crippen molar-refractivity contribution in [3.8, 4) is 5.75 Å². The van der Waals surface area contributed by atoms with Crippen LogP contribution in [0.15, 0.2) is 72.8 Å². The SMILES string of the molecule is COc1ccc(/C=C/c2ccc(/C=C/c3ccc(Cl)cc3)cc2)cc1. The first-order chi connectivity index (χ1) is 12.2. The van der Waals surface area contributed by atoms with Crippen LogP contribution in [0.1, 0.15) is 22.3 Å². The molecule has 2 heteroatoms. The molecule has 0 atom stereocenters. The van der Waals surface area contributed by atoms with Crippen LogP contribution >= 0.6 is 11.6 Å². The van der Waals surface area contributed by atoms with E-state index in [1.54, 1.807) is 7.11 Å². The molecule has 0 radical (unpaired) electrons. The van der Waals surface area contributed by atoms with Crippen molar-refractivity contribution < 1.29 is 4.74 Å². The number of ether oxygens (including phenoxy) is 1. The number of methoxy groups -OCH3 is 1. The Bertz CT molecular complexity index is 857. The Kier molecular flexibility index (Phi) is 5.71. The zero-order chi connectivity index (χ0) is 17.5. The Morgan fingerprint density at radius 1 is 0.560 bits per heavy atom. The van der Waals surface area contributed by atoms with Gasteiger partial charge in [0, 0.05) is 5.02 Å². The number of hydrogen-bond acceptors (Lipinski definition) is 1. The maximum absolute atomic E-state index is 5.90. The monoisotopic (exact) mass is 346 g/mol. The van der Waals surface area contributed by atoms with Crippen LogP contribution in [0.3, 0.4) is 0 Å². The molecule has 0 amide bonds. The van der Waals surface area contributed by atoms with Crippen LogP contribution in [0, 0.1) is 0 Å². The van der Waals surface area contributed by atoms with Crippen molar-refractivity contribution in [1.82, 2.24) is 0 Å². The second-order valence-electron chi connectivity index (χ2n) is 5.66. The molecule has 0 unspecified atom stereocenters. The van der Waals surface area contributed by atoms with E-state index in [1.165, 1.54) is 5.56 Å². The molecule has 0 bridgehead atoms. The van der Waals surface area contributed by atoms with Gasteiger partial charge in [-0.05, 0) is 46.5 Å². The second-order valence-corrected chi connectivity index (χ2v) is 6.09. The minimum absolute atomic E-state index is 0.755. The summed E-state index contributed by atoms with van der Waals surface area (Å²) in [5, 5.41) is 0.755. The summed E-state index contributed by atoms with van der Waals surface area (Å²) in [6.07, 6.45) is 8.38. The van der Waals surface area contributed by atoms with Gasteiger partial charge in [-0.1, -0.05) is 84.4 Å². The molecule has 0 aliphatic carbocycles. The van der Waals surface area contributed by atoms with E-state index in [1.807, 2.05) is 48.5 Å². The lowest BCUT2D eigenvalue weighted by Gasteiger charge is -2.00. The molecule has 0 aliphatic rings. The van der Waals surface area contributed by atoms with Gasteiger partial charge in [0.15, 0.2) is 0 Å². The lowest BCUT2D eigenvalue weighted by atomic mass is 10.1. The summed E-state index contributed by atoms with van der Waals surface area (Å²) in [6, 6.07) is 24.3. The molecule has 1 nitrogen and oxygen atoms in total. The number of hydrogen-bond donors (Lipinski definition) is 0. The topological polar surface area (TPSA) is 9.23 Å². The van der Waals surface area contributed by atoms with Crippen LogP contribution in [0.2, 0.25) is 5.02 Å². The number of benzene rings is 3. The molecular weight excluding hydrogens is 328 g/mol. The predicted molar refractivity (Wildman–Crippen MR) is 109 cm³/mol. The predicted octanol–water partition coefficient (Wildman–Crippen LogP) is 6.69. The van der Waals surface area contributed by atoms with E-state index in [9.17, 15) is 0 Å². The van der Waals surface area contributed by atoms with Gasteiger partial charge in [-0.25, -0.2) is 0 Å². The van der Waals surface area contributed by atoms with E-state index < -0.39 is 0 Å². The highest BCUT2D eigenvalue weighted by molar-refractivity contribution is 6.30. The molecule has 124 valence electrons. The molecule has 0 N–H and O–H groups in total. The molecule has 3 aromatic rings. The Labute approximate surface area is 153 Å². The second kappa shape index (κ2) is 8.36. The van der Waals surface area contributed by atoms with Gasteiger partial charge in [0.1, 0.15) is 5.75 Å². The zero-order valence-corrected chi connectivity index (χ0v) is 14.8. The van der Waals surface area contributed by atoms with E-state index in [-0.39, 0.29) is 0 Å². The van der Waals surface area contributed by atoms with Crippen molar-refractivity contribution in [2.45, 2.75) is 0 Å². The Hall–Kier alpha value is -2.77. The molecule has 0 fully saturated rings. The average Bonchev–Trinajstić information content (AvgIpc) is 2.67. The van der Waals surface area contributed by atoms with Gasteiger partial charge in [0.2, 0.25) is 0 Å². The number of rotatable bonds is 5. The molecular formula is C23H19ClO. The van der Waals surface area contributed by atoms with Crippen molar-refractivity contribution in [2.24, 2.45) is 0 Å². The van der Waals surface area contributed by atoms with Gasteiger partial charge in [-0.2, -0.15) is 0 Å². The highest BCUT2D eigenvalue weighted by Crippen LogP contribution is 2.16. The van der Waals surface area contributed by atoms with Crippen LogP contribution in [-0.2, 0) is 0 Å². The van der Waals surface area contributed by atoms with E-state index in [0.717, 1.165) is 27.5 Å². The summed E-state index contributed by atoms with van der Waals surface area (Å²) in [5.74, 6) is 0.869. The smallest absolute Gasteiger partial charge is 0.118 e. The summed E-state index contributed by atoms with van der Waals surface area (Å²) in [4.78, 5) is 0. The van der Waals surface area contributed by atoms with Gasteiger partial charge in [0.05, 0.1) is 7.11 Å². The first kappa shape index (κ1) is 17.1. The van der Waals surface area contributed by atoms with Crippen molar-refractivity contribution in [3.63, 3.8) is 0 Å². The van der Waals surface area contributed by atoms with E-state index in [4.69, 9.17) is 16.3 Å². The fraction of sp³-hybridized carbons (Fsp3) is 0.0435. The van der Waals surface area contributed by atoms with E-state index in [0.29, 0.717) is 0 Å². The largest absolute Gasteiger partial charge is 0.497 e. The van der Waals surface area contributed by atoms with Gasteiger partial charge < -0.3 is 4.74 Å². The zero-order valence-electron chi connectivity index (χ0n) is 14.0. The summed E-state index contributed by atoms with van der Waals surface area (Å²) >= 11 is 5.90. The minimum atomic E-state index is 0.755.